The predicted octanol–water partition coefficient (Wildman–Crippen LogP) is 3.98. The molecule has 1 aliphatic rings. The third-order valence-electron chi connectivity index (χ3n) is 4.09. The Morgan fingerprint density at radius 2 is 1.90 bits per heavy atom. The van der Waals surface area contributed by atoms with Gasteiger partial charge in [-0.3, -0.25) is 4.79 Å². The fraction of sp³-hybridized carbons (Fsp3) is 0.353. The van der Waals surface area contributed by atoms with Crippen LogP contribution in [0.4, 0.5) is 5.00 Å². The molecule has 0 aliphatic heterocycles. The van der Waals surface area contributed by atoms with E-state index in [1.54, 1.807) is 0 Å². The number of nitrogens with one attached hydrogen (secondary N) is 1. The van der Waals surface area contributed by atoms with Crippen molar-refractivity contribution in [2.24, 2.45) is 0 Å². The van der Waals surface area contributed by atoms with Gasteiger partial charge >= 0.3 is 0 Å². The van der Waals surface area contributed by atoms with Crippen molar-refractivity contribution >= 4 is 22.2 Å². The predicted molar refractivity (Wildman–Crippen MR) is 88.6 cm³/mol. The Bertz CT molecular complexity index is 642. The highest BCUT2D eigenvalue weighted by Crippen LogP contribution is 2.38. The number of nitrogen functional groups attached to an aromatic ring is 1. The summed E-state index contributed by atoms with van der Waals surface area (Å²) in [5.41, 5.74) is 8.80. The maximum atomic E-state index is 12.6. The smallest absolute Gasteiger partial charge is 0.255 e. The lowest BCUT2D eigenvalue weighted by atomic mass is 10.0. The maximum absolute atomic E-state index is 12.6. The van der Waals surface area contributed by atoms with Gasteiger partial charge in [0.2, 0.25) is 0 Å². The number of benzene rings is 1. The normalized spacial score (nSPS) is 15.3. The van der Waals surface area contributed by atoms with E-state index in [4.69, 9.17) is 5.73 Å². The molecule has 0 spiro atoms. The highest BCUT2D eigenvalue weighted by atomic mass is 32.1. The summed E-state index contributed by atoms with van der Waals surface area (Å²) in [6.45, 7) is 2.02. The molecular formula is C17H20N2OS. The van der Waals surface area contributed by atoms with Gasteiger partial charge in [0.15, 0.2) is 0 Å². The summed E-state index contributed by atoms with van der Waals surface area (Å²) >= 11 is 1.49. The molecular weight excluding hydrogens is 280 g/mol. The van der Waals surface area contributed by atoms with Crippen molar-refractivity contribution in [3.8, 4) is 11.1 Å². The van der Waals surface area contributed by atoms with E-state index < -0.39 is 0 Å². The number of carbonyl (C=O) groups is 1. The monoisotopic (exact) mass is 300 g/mol. The number of nitrogens with two attached hydrogens (primary N) is 1. The van der Waals surface area contributed by atoms with Gasteiger partial charge in [0.1, 0.15) is 0 Å². The molecule has 21 heavy (non-hydrogen) atoms. The van der Waals surface area contributed by atoms with Gasteiger partial charge < -0.3 is 11.1 Å². The Morgan fingerprint density at radius 3 is 2.57 bits per heavy atom. The van der Waals surface area contributed by atoms with Crippen molar-refractivity contribution in [3.05, 3.63) is 40.8 Å². The molecule has 1 saturated carbocycles. The van der Waals surface area contributed by atoms with Crippen LogP contribution in [0.15, 0.2) is 30.3 Å². The molecule has 0 unspecified atom stereocenters. The van der Waals surface area contributed by atoms with Crippen molar-refractivity contribution in [2.45, 2.75) is 38.6 Å². The average Bonchev–Trinajstić information content (AvgIpc) is 3.07. The first-order chi connectivity index (χ1) is 10.2. The Balaban J connectivity index is 1.96. The number of carbonyl (C=O) groups excluding carboxylic acids is 1. The molecule has 0 atom stereocenters. The van der Waals surface area contributed by atoms with Crippen LogP contribution in [0, 0.1) is 6.92 Å². The van der Waals surface area contributed by atoms with E-state index >= 15 is 0 Å². The molecule has 110 valence electrons. The van der Waals surface area contributed by atoms with E-state index in [9.17, 15) is 4.79 Å². The van der Waals surface area contributed by atoms with E-state index in [1.807, 2.05) is 37.3 Å². The lowest BCUT2D eigenvalue weighted by Crippen LogP contribution is -2.33. The number of hydrogen-bond donors (Lipinski definition) is 2. The third-order valence-corrected chi connectivity index (χ3v) is 5.03. The highest BCUT2D eigenvalue weighted by molar-refractivity contribution is 7.16. The molecule has 0 radical (unpaired) electrons. The second-order valence-electron chi connectivity index (χ2n) is 5.59. The zero-order valence-corrected chi connectivity index (χ0v) is 13.0. The summed E-state index contributed by atoms with van der Waals surface area (Å²) in [5.74, 6) is -0.0254. The second-order valence-corrected chi connectivity index (χ2v) is 6.85. The quantitative estimate of drug-likeness (QED) is 0.901. The molecule has 1 aromatic carbocycles. The number of hydrogen-bond acceptors (Lipinski definition) is 3. The van der Waals surface area contributed by atoms with Crippen LogP contribution in [-0.2, 0) is 0 Å². The molecule has 3 N–H and O–H groups in total. The van der Waals surface area contributed by atoms with Crippen LogP contribution in [0.2, 0.25) is 0 Å². The topological polar surface area (TPSA) is 55.1 Å². The Hall–Kier alpha value is -1.81. The van der Waals surface area contributed by atoms with Crippen LogP contribution < -0.4 is 11.1 Å². The molecule has 3 rings (SSSR count). The molecule has 2 aromatic rings. The van der Waals surface area contributed by atoms with E-state index in [-0.39, 0.29) is 5.91 Å². The number of aryl methyl sites for hydroxylation is 1. The highest BCUT2D eigenvalue weighted by Gasteiger charge is 2.24. The summed E-state index contributed by atoms with van der Waals surface area (Å²) in [4.78, 5) is 13.7. The van der Waals surface area contributed by atoms with E-state index in [0.717, 1.165) is 28.8 Å². The number of thiophene rings is 1. The number of rotatable bonds is 3. The zero-order chi connectivity index (χ0) is 14.8. The summed E-state index contributed by atoms with van der Waals surface area (Å²) in [7, 11) is 0. The molecule has 1 aliphatic carbocycles. The van der Waals surface area contributed by atoms with Gasteiger partial charge in [0, 0.05) is 16.5 Å². The third kappa shape index (κ3) is 2.81. The largest absolute Gasteiger partial charge is 0.390 e. The van der Waals surface area contributed by atoms with Crippen LogP contribution in [0.3, 0.4) is 0 Å². The fourth-order valence-electron chi connectivity index (χ4n) is 3.07. The SMILES string of the molecule is Cc1sc(N)c(C(=O)NC2CCCC2)c1-c1ccccc1. The molecule has 1 fully saturated rings. The fourth-order valence-corrected chi connectivity index (χ4v) is 4.02. The van der Waals surface area contributed by atoms with Crippen LogP contribution in [0.25, 0.3) is 11.1 Å². The van der Waals surface area contributed by atoms with Crippen molar-refractivity contribution < 1.29 is 4.79 Å². The lowest BCUT2D eigenvalue weighted by Gasteiger charge is -2.13. The first kappa shape index (κ1) is 14.1. The van der Waals surface area contributed by atoms with Crippen LogP contribution >= 0.6 is 11.3 Å². The molecule has 0 bridgehead atoms. The van der Waals surface area contributed by atoms with Gasteiger partial charge in [-0.2, -0.15) is 0 Å². The summed E-state index contributed by atoms with van der Waals surface area (Å²) < 4.78 is 0. The molecule has 1 amide bonds. The van der Waals surface area contributed by atoms with Crippen molar-refractivity contribution in [1.82, 2.24) is 5.32 Å². The number of amides is 1. The maximum Gasteiger partial charge on any atom is 0.255 e. The van der Waals surface area contributed by atoms with Gasteiger partial charge in [-0.1, -0.05) is 43.2 Å². The first-order valence-electron chi connectivity index (χ1n) is 7.42. The molecule has 0 saturated heterocycles. The minimum Gasteiger partial charge on any atom is -0.390 e. The van der Waals surface area contributed by atoms with Gasteiger partial charge in [0.25, 0.3) is 5.91 Å². The summed E-state index contributed by atoms with van der Waals surface area (Å²) in [6.07, 6.45) is 4.56. The summed E-state index contributed by atoms with van der Waals surface area (Å²) in [6, 6.07) is 10.3. The second kappa shape index (κ2) is 5.90. The number of anilines is 1. The minimum absolute atomic E-state index is 0.0254. The lowest BCUT2D eigenvalue weighted by molar-refractivity contribution is 0.0940. The standard InChI is InChI=1S/C17H20N2OS/c1-11-14(12-7-3-2-4-8-12)15(16(18)21-11)17(20)19-13-9-5-6-10-13/h2-4,7-8,13H,5-6,9-10,18H2,1H3,(H,19,20). The van der Waals surface area contributed by atoms with Gasteiger partial charge in [-0.25, -0.2) is 0 Å². The summed E-state index contributed by atoms with van der Waals surface area (Å²) in [5, 5.41) is 3.76. The minimum atomic E-state index is -0.0254. The average molecular weight is 300 g/mol. The van der Waals surface area contributed by atoms with Crippen LogP contribution in [0.1, 0.15) is 40.9 Å². The van der Waals surface area contributed by atoms with Gasteiger partial charge in [0.05, 0.1) is 10.6 Å². The van der Waals surface area contributed by atoms with E-state index in [0.29, 0.717) is 16.6 Å². The van der Waals surface area contributed by atoms with Gasteiger partial charge in [-0.15, -0.1) is 11.3 Å². The molecule has 1 aromatic heterocycles. The van der Waals surface area contributed by atoms with Crippen molar-refractivity contribution in [2.75, 3.05) is 5.73 Å². The van der Waals surface area contributed by atoms with Crippen molar-refractivity contribution in [1.29, 1.82) is 0 Å². The molecule has 4 heteroatoms. The molecule has 1 heterocycles. The molecule has 3 nitrogen and oxygen atoms in total. The first-order valence-corrected chi connectivity index (χ1v) is 8.23. The van der Waals surface area contributed by atoms with E-state index in [2.05, 4.69) is 5.32 Å². The Labute approximate surface area is 129 Å². The van der Waals surface area contributed by atoms with E-state index in [1.165, 1.54) is 24.2 Å². The van der Waals surface area contributed by atoms with Crippen LogP contribution in [0.5, 0.6) is 0 Å². The van der Waals surface area contributed by atoms with Crippen molar-refractivity contribution in [3.63, 3.8) is 0 Å². The van der Waals surface area contributed by atoms with Gasteiger partial charge in [-0.05, 0) is 25.3 Å². The van der Waals surface area contributed by atoms with Crippen LogP contribution in [-0.4, -0.2) is 11.9 Å². The Morgan fingerprint density at radius 1 is 1.24 bits per heavy atom. The zero-order valence-electron chi connectivity index (χ0n) is 12.2. The Kier molecular flexibility index (Phi) is 3.97.